The zero-order chi connectivity index (χ0) is 22.3. The molecule has 2 amide bonds. The number of halogens is 1. The second-order valence-electron chi connectivity index (χ2n) is 9.52. The molecule has 1 atom stereocenters. The van der Waals surface area contributed by atoms with Gasteiger partial charge in [0, 0.05) is 49.9 Å². The Bertz CT molecular complexity index is 752. The van der Waals surface area contributed by atoms with Gasteiger partial charge in [0.15, 0.2) is 0 Å². The molecule has 4 rings (SSSR count). The summed E-state index contributed by atoms with van der Waals surface area (Å²) in [6, 6.07) is 7.03. The minimum atomic E-state index is -0.0633. The first kappa shape index (κ1) is 23.5. The number of hydrogen-bond acceptors (Lipinski definition) is 4. The third kappa shape index (κ3) is 6.03. The zero-order valence-electron chi connectivity index (χ0n) is 19.1. The molecule has 6 nitrogen and oxygen atoms in total. The van der Waals surface area contributed by atoms with Gasteiger partial charge in [-0.25, -0.2) is 0 Å². The van der Waals surface area contributed by atoms with E-state index in [0.29, 0.717) is 29.6 Å². The summed E-state index contributed by atoms with van der Waals surface area (Å²) >= 11 is 5.96. The highest BCUT2D eigenvalue weighted by Gasteiger charge is 2.37. The molecule has 1 aliphatic carbocycles. The van der Waals surface area contributed by atoms with E-state index in [2.05, 4.69) is 15.1 Å². The van der Waals surface area contributed by atoms with Crippen molar-refractivity contribution in [3.8, 4) is 0 Å². The summed E-state index contributed by atoms with van der Waals surface area (Å²) in [4.78, 5) is 32.8. The van der Waals surface area contributed by atoms with Crippen molar-refractivity contribution in [2.45, 2.75) is 51.0 Å². The van der Waals surface area contributed by atoms with Crippen LogP contribution in [0.4, 0.5) is 0 Å². The standard InChI is InChI=1S/C25H37ClN4O2/c26-22-10-8-21(9-11-22)25(32)30-18-16-29(17-19-30)23(20-6-2-3-7-20)24(31)27-12-15-28-13-4-1-5-14-28/h8-11,20,23H,1-7,12-19H2,(H,27,31). The predicted molar refractivity (Wildman–Crippen MR) is 128 cm³/mol. The van der Waals surface area contributed by atoms with Crippen LogP contribution in [0.3, 0.4) is 0 Å². The average Bonchev–Trinajstić information content (AvgIpc) is 3.35. The van der Waals surface area contributed by atoms with Crippen molar-refractivity contribution in [1.29, 1.82) is 0 Å². The van der Waals surface area contributed by atoms with Crippen LogP contribution in [0.2, 0.25) is 5.02 Å². The molecule has 0 radical (unpaired) electrons. The smallest absolute Gasteiger partial charge is 0.253 e. The number of piperidine rings is 1. The Morgan fingerprint density at radius 2 is 1.56 bits per heavy atom. The zero-order valence-corrected chi connectivity index (χ0v) is 19.9. The normalized spacial score (nSPS) is 22.1. The van der Waals surface area contributed by atoms with E-state index >= 15 is 0 Å². The molecule has 176 valence electrons. The third-order valence-corrected chi connectivity index (χ3v) is 7.63. The van der Waals surface area contributed by atoms with Crippen LogP contribution in [0.15, 0.2) is 24.3 Å². The molecular formula is C25H37ClN4O2. The molecule has 3 aliphatic rings. The Morgan fingerprint density at radius 3 is 2.22 bits per heavy atom. The highest BCUT2D eigenvalue weighted by atomic mass is 35.5. The van der Waals surface area contributed by atoms with Crippen molar-refractivity contribution < 1.29 is 9.59 Å². The molecule has 1 unspecified atom stereocenters. The van der Waals surface area contributed by atoms with E-state index < -0.39 is 0 Å². The summed E-state index contributed by atoms with van der Waals surface area (Å²) in [5.41, 5.74) is 0.672. The molecule has 3 fully saturated rings. The third-order valence-electron chi connectivity index (χ3n) is 7.38. The number of hydrogen-bond donors (Lipinski definition) is 1. The first-order chi connectivity index (χ1) is 15.6. The molecule has 0 bridgehead atoms. The fourth-order valence-corrected chi connectivity index (χ4v) is 5.68. The van der Waals surface area contributed by atoms with Crippen LogP contribution >= 0.6 is 11.6 Å². The fraction of sp³-hybridized carbons (Fsp3) is 0.680. The number of carbonyl (C=O) groups is 2. The Kier molecular flexibility index (Phi) is 8.44. The summed E-state index contributed by atoms with van der Waals surface area (Å²) in [7, 11) is 0. The number of piperazine rings is 1. The lowest BCUT2D eigenvalue weighted by Crippen LogP contribution is -2.58. The molecule has 2 saturated heterocycles. The monoisotopic (exact) mass is 460 g/mol. The van der Waals surface area contributed by atoms with Crippen molar-refractivity contribution in [3.05, 3.63) is 34.9 Å². The number of nitrogens with one attached hydrogen (secondary N) is 1. The van der Waals surface area contributed by atoms with Crippen molar-refractivity contribution >= 4 is 23.4 Å². The molecule has 32 heavy (non-hydrogen) atoms. The second kappa shape index (κ2) is 11.5. The van der Waals surface area contributed by atoms with Gasteiger partial charge in [-0.1, -0.05) is 30.9 Å². The quantitative estimate of drug-likeness (QED) is 0.678. The highest BCUT2D eigenvalue weighted by Crippen LogP contribution is 2.31. The summed E-state index contributed by atoms with van der Waals surface area (Å²) in [5.74, 6) is 0.666. The van der Waals surface area contributed by atoms with Crippen LogP contribution < -0.4 is 5.32 Å². The summed E-state index contributed by atoms with van der Waals surface area (Å²) in [6.07, 6.45) is 8.59. The van der Waals surface area contributed by atoms with Crippen LogP contribution in [0, 0.1) is 5.92 Å². The molecular weight excluding hydrogens is 424 g/mol. The fourth-order valence-electron chi connectivity index (χ4n) is 5.55. The van der Waals surface area contributed by atoms with E-state index in [1.807, 2.05) is 4.90 Å². The Labute approximate surface area is 197 Å². The molecule has 0 spiro atoms. The van der Waals surface area contributed by atoms with Crippen molar-refractivity contribution in [2.75, 3.05) is 52.4 Å². The van der Waals surface area contributed by atoms with Crippen LogP contribution in [0.25, 0.3) is 0 Å². The van der Waals surface area contributed by atoms with Crippen LogP contribution in [0.5, 0.6) is 0 Å². The van der Waals surface area contributed by atoms with Gasteiger partial charge in [-0.15, -0.1) is 0 Å². The SMILES string of the molecule is O=C(NCCN1CCCCC1)C(C1CCCC1)N1CCN(C(=O)c2ccc(Cl)cc2)CC1. The maximum Gasteiger partial charge on any atom is 0.253 e. The van der Waals surface area contributed by atoms with Gasteiger partial charge in [0.1, 0.15) is 0 Å². The summed E-state index contributed by atoms with van der Waals surface area (Å²) in [5, 5.41) is 3.89. The Balaban J connectivity index is 1.31. The average molecular weight is 461 g/mol. The summed E-state index contributed by atoms with van der Waals surface area (Å²) in [6.45, 7) is 6.82. The largest absolute Gasteiger partial charge is 0.353 e. The second-order valence-corrected chi connectivity index (χ2v) is 9.95. The van der Waals surface area contributed by atoms with Crippen molar-refractivity contribution in [3.63, 3.8) is 0 Å². The molecule has 2 heterocycles. The molecule has 2 aliphatic heterocycles. The van der Waals surface area contributed by atoms with E-state index in [0.717, 1.165) is 52.1 Å². The van der Waals surface area contributed by atoms with Gasteiger partial charge in [0.05, 0.1) is 6.04 Å². The van der Waals surface area contributed by atoms with Gasteiger partial charge in [0.2, 0.25) is 5.91 Å². The van der Waals surface area contributed by atoms with E-state index in [1.54, 1.807) is 24.3 Å². The molecule has 7 heteroatoms. The molecule has 1 saturated carbocycles. The minimum Gasteiger partial charge on any atom is -0.353 e. The minimum absolute atomic E-state index is 0.0460. The van der Waals surface area contributed by atoms with Gasteiger partial charge >= 0.3 is 0 Å². The number of amides is 2. The van der Waals surface area contributed by atoms with Gasteiger partial charge in [0.25, 0.3) is 5.91 Å². The lowest BCUT2D eigenvalue weighted by molar-refractivity contribution is -0.129. The number of nitrogens with zero attached hydrogens (tertiary/aromatic N) is 3. The molecule has 0 aromatic heterocycles. The maximum absolute atomic E-state index is 13.3. The lowest BCUT2D eigenvalue weighted by Gasteiger charge is -2.41. The van der Waals surface area contributed by atoms with E-state index in [4.69, 9.17) is 11.6 Å². The Hall–Kier alpha value is -1.63. The Morgan fingerprint density at radius 1 is 0.906 bits per heavy atom. The number of carbonyl (C=O) groups excluding carboxylic acids is 2. The van der Waals surface area contributed by atoms with E-state index in [9.17, 15) is 9.59 Å². The van der Waals surface area contributed by atoms with Crippen LogP contribution in [-0.4, -0.2) is 84.9 Å². The van der Waals surface area contributed by atoms with Crippen LogP contribution in [-0.2, 0) is 4.79 Å². The van der Waals surface area contributed by atoms with Gasteiger partial charge in [-0.3, -0.25) is 14.5 Å². The first-order valence-electron chi connectivity index (χ1n) is 12.4. The van der Waals surface area contributed by atoms with Gasteiger partial charge in [-0.2, -0.15) is 0 Å². The molecule has 1 aromatic rings. The van der Waals surface area contributed by atoms with E-state index in [-0.39, 0.29) is 17.9 Å². The van der Waals surface area contributed by atoms with Crippen molar-refractivity contribution in [1.82, 2.24) is 20.0 Å². The number of rotatable bonds is 7. The van der Waals surface area contributed by atoms with Gasteiger partial charge in [-0.05, 0) is 69.0 Å². The highest BCUT2D eigenvalue weighted by molar-refractivity contribution is 6.30. The van der Waals surface area contributed by atoms with E-state index in [1.165, 1.54) is 32.1 Å². The summed E-state index contributed by atoms with van der Waals surface area (Å²) < 4.78 is 0. The van der Waals surface area contributed by atoms with Crippen LogP contribution in [0.1, 0.15) is 55.3 Å². The van der Waals surface area contributed by atoms with Gasteiger partial charge < -0.3 is 15.1 Å². The topological polar surface area (TPSA) is 55.9 Å². The first-order valence-corrected chi connectivity index (χ1v) is 12.8. The number of likely N-dealkylation sites (tertiary alicyclic amines) is 1. The number of benzene rings is 1. The predicted octanol–water partition coefficient (Wildman–Crippen LogP) is 3.26. The molecule has 1 N–H and O–H groups in total. The lowest BCUT2D eigenvalue weighted by atomic mass is 9.95. The van der Waals surface area contributed by atoms with Crippen molar-refractivity contribution in [2.24, 2.45) is 5.92 Å². The molecule has 1 aromatic carbocycles. The maximum atomic E-state index is 13.3.